The molecule has 8 aliphatic rings. The van der Waals surface area contributed by atoms with Crippen LogP contribution >= 0.6 is 0 Å². The van der Waals surface area contributed by atoms with E-state index in [0.29, 0.717) is 64.9 Å². The highest BCUT2D eigenvalue weighted by Gasteiger charge is 2.69. The van der Waals surface area contributed by atoms with Crippen molar-refractivity contribution in [3.05, 3.63) is 327 Å². The maximum absolute atomic E-state index is 14.5. The number of aromatic nitrogens is 23. The van der Waals surface area contributed by atoms with Crippen molar-refractivity contribution in [2.45, 2.75) is 217 Å². The Labute approximate surface area is 852 Å². The second-order valence-electron chi connectivity index (χ2n) is 41.8. The fourth-order valence-electron chi connectivity index (χ4n) is 25.2. The number of halogens is 8. The molecule has 0 aliphatic heterocycles. The van der Waals surface area contributed by atoms with E-state index in [4.69, 9.17) is 24.4 Å². The molecule has 4 aromatic carbocycles. The summed E-state index contributed by atoms with van der Waals surface area (Å²) in [6.45, 7) is 23.1. The van der Waals surface area contributed by atoms with E-state index in [9.17, 15) is 58.9 Å². The number of pyridine rings is 1. The third-order valence-electron chi connectivity index (χ3n) is 33.1. The van der Waals surface area contributed by atoms with Crippen LogP contribution in [0.4, 0.5) is 35.1 Å². The quantitative estimate of drug-likeness (QED) is 0.0562. The van der Waals surface area contributed by atoms with Gasteiger partial charge in [0.15, 0.2) is 17.5 Å². The number of benzene rings is 4. The molecule has 0 amide bonds. The molecule has 12 aromatic heterocycles. The summed E-state index contributed by atoms with van der Waals surface area (Å²) < 4.78 is 145. The van der Waals surface area contributed by atoms with E-state index in [1.165, 1.54) is 72.8 Å². The monoisotopic (exact) mass is 2040 g/mol. The number of aliphatic hydroxyl groups is 3. The molecule has 8 bridgehead atoms. The lowest BCUT2D eigenvalue weighted by Gasteiger charge is -2.37. The zero-order valence-corrected chi connectivity index (χ0v) is 84.2. The van der Waals surface area contributed by atoms with Crippen LogP contribution in [0.3, 0.4) is 0 Å². The van der Waals surface area contributed by atoms with Gasteiger partial charge in [-0.15, -0.1) is 30.6 Å². The molecule has 0 radical (unpaired) electrons. The van der Waals surface area contributed by atoms with E-state index in [2.05, 4.69) is 151 Å². The molecule has 0 unspecified atom stereocenters. The first-order valence-corrected chi connectivity index (χ1v) is 51.7. The highest BCUT2D eigenvalue weighted by atomic mass is 32.2. The summed E-state index contributed by atoms with van der Waals surface area (Å²) in [5, 5.41) is 73.5. The SMILES string of the molecule is CC1(C)[C@H]2CC[C@]1(c1ccnc(-c3nnc(CCS(C)(=O)=O)o3)n1)c1nnc(-c3c(F)cccc3F)cc12.CC[C@@H](O)c1ncc(-c2cccc([C@@]34CC[C@@H](c5cc(-c6c(F)cccc6F)nnc53)C4(C)C)n2)cn1.CC[C@@H](O)c1ncc(-c2cncc([C@@]34CC[C@@H](c5cc(-c6c(F)cccc6F)nnc53)C4(C)C)n2)cn1.CC[C@H](O)c1ncc(-c2cncc([C@@]34CC[C@@H](c5cc(-c6c(F)cccc6F)nnc53)C4(C)C)n2)cn1. The maximum atomic E-state index is 14.5. The molecule has 149 heavy (non-hydrogen) atoms. The van der Waals surface area contributed by atoms with E-state index >= 15 is 0 Å². The zero-order chi connectivity index (χ0) is 105. The van der Waals surface area contributed by atoms with Gasteiger partial charge in [0.25, 0.3) is 5.89 Å². The summed E-state index contributed by atoms with van der Waals surface area (Å²) >= 11 is 0. The number of rotatable bonds is 21. The Kier molecular flexibility index (Phi) is 25.4. The van der Waals surface area contributed by atoms with E-state index in [1.807, 2.05) is 51.1 Å². The van der Waals surface area contributed by atoms with Crippen LogP contribution in [0.2, 0.25) is 0 Å². The van der Waals surface area contributed by atoms with Gasteiger partial charge in [-0.2, -0.15) is 20.4 Å². The van der Waals surface area contributed by atoms with Gasteiger partial charge < -0.3 is 19.7 Å². The highest BCUT2D eigenvalue weighted by molar-refractivity contribution is 7.90. The molecule has 11 atom stereocenters. The van der Waals surface area contributed by atoms with Crippen LogP contribution in [-0.2, 0) is 37.9 Å². The number of hydrogen-bond acceptors (Lipinski definition) is 29. The smallest absolute Gasteiger partial charge is 0.285 e. The van der Waals surface area contributed by atoms with Gasteiger partial charge in [0.05, 0.1) is 147 Å². The van der Waals surface area contributed by atoms with Crippen molar-refractivity contribution in [1.29, 1.82) is 0 Å². The summed E-state index contributed by atoms with van der Waals surface area (Å²) in [6.07, 6.45) is 26.0. The summed E-state index contributed by atoms with van der Waals surface area (Å²) in [4.78, 5) is 59.1. The normalized spacial score (nSPS) is 22.0. The lowest BCUT2D eigenvalue weighted by molar-refractivity contribution is 0.163. The summed E-state index contributed by atoms with van der Waals surface area (Å²) in [6, 6.07) is 30.0. The van der Waals surface area contributed by atoms with Crippen LogP contribution in [-0.4, -0.2) is 152 Å². The van der Waals surface area contributed by atoms with Gasteiger partial charge in [0.2, 0.25) is 11.7 Å². The lowest BCUT2D eigenvalue weighted by Crippen LogP contribution is -2.38. The molecule has 760 valence electrons. The Morgan fingerprint density at radius 2 is 0.638 bits per heavy atom. The molecule has 0 spiro atoms. The molecule has 29 nitrogen and oxygen atoms in total. The number of fused-ring (bicyclic) bond motifs is 20. The van der Waals surface area contributed by atoms with Crippen LogP contribution < -0.4 is 0 Å². The molecular formula is C111H103F8N23O6S. The Hall–Kier alpha value is -14.8. The molecule has 24 rings (SSSR count). The van der Waals surface area contributed by atoms with Crippen molar-refractivity contribution >= 4 is 9.84 Å². The minimum Gasteiger partial charge on any atom is -0.418 e. The second kappa shape index (κ2) is 37.8. The molecule has 4 saturated carbocycles. The van der Waals surface area contributed by atoms with Crippen molar-refractivity contribution in [2.24, 2.45) is 21.7 Å². The number of hydrogen-bond donors (Lipinski definition) is 3. The number of sulfone groups is 1. The van der Waals surface area contributed by atoms with Crippen LogP contribution in [0.1, 0.15) is 280 Å². The molecule has 12 heterocycles. The first-order chi connectivity index (χ1) is 71.3. The Morgan fingerprint density at radius 3 is 0.953 bits per heavy atom. The van der Waals surface area contributed by atoms with Gasteiger partial charge in [0, 0.05) is 85.1 Å². The fourth-order valence-corrected chi connectivity index (χ4v) is 25.7. The van der Waals surface area contributed by atoms with Gasteiger partial charge in [-0.05, 0) is 229 Å². The molecular weight excluding hydrogens is 1940 g/mol. The average molecular weight is 2040 g/mol. The van der Waals surface area contributed by atoms with Gasteiger partial charge in [0.1, 0.15) is 74.7 Å². The van der Waals surface area contributed by atoms with E-state index < -0.39 is 96.3 Å². The van der Waals surface area contributed by atoms with Gasteiger partial charge >= 0.3 is 0 Å². The standard InChI is InChI=1S/C29H27F2N5O.2C28H26F2N6O.C26H24F2N6O3S/c1-4-23(37)27-32-14-16(15-33-27)21-9-6-10-24(34-21)29-12-11-18(28(29,2)3)17-13-22(35-36-26(17)29)25-19(30)7-5-8-20(25)31;2*1-4-22(37)26-32-11-15(12-33-26)21-13-31-14-23(34-21)28-9-8-17(27(28,2)3)16-10-20(35-36-25(16)28)24-18(29)6-5-7-19(24)30;1-25(2)15-7-10-26(25,22-14(15)13-18(31-33-22)21-16(27)5-4-6-17(21)28)19-8-11-29-23(30-19)24-34-32-20(37-24)9-12-38(3,35)36/h5-10,13-15,18,23,37H,4,11-12H2,1-3H3;2*5-7,10-14,17,22,37H,4,8-9H2,1-3H3;4-6,8,11,13,15H,7,9-10,12H2,1-3H3/t18-,23+,29-;17-,22+,28-;17-,22-,28-;15-,26-/m0000/s1. The largest absolute Gasteiger partial charge is 0.418 e. The van der Waals surface area contributed by atoms with Gasteiger partial charge in [-0.3, -0.25) is 15.0 Å². The minimum absolute atomic E-state index is 0.0889. The second-order valence-corrected chi connectivity index (χ2v) is 44.0. The van der Waals surface area contributed by atoms with E-state index in [1.54, 1.807) is 86.4 Å². The van der Waals surface area contributed by atoms with Crippen LogP contribution in [0.25, 0.3) is 90.5 Å². The van der Waals surface area contributed by atoms with Gasteiger partial charge in [-0.25, -0.2) is 93.4 Å². The first kappa shape index (κ1) is 100. The molecule has 16 aromatic rings. The minimum atomic E-state index is -3.18. The molecule has 4 fully saturated rings. The van der Waals surface area contributed by atoms with Crippen molar-refractivity contribution in [2.75, 3.05) is 12.0 Å². The van der Waals surface area contributed by atoms with Gasteiger partial charge in [-0.1, -0.05) is 106 Å². The summed E-state index contributed by atoms with van der Waals surface area (Å²) in [5.74, 6) is -3.29. The molecule has 0 saturated heterocycles. The molecule has 38 heteroatoms. The van der Waals surface area contributed by atoms with Crippen molar-refractivity contribution < 1.29 is 63.3 Å². The summed E-state index contributed by atoms with van der Waals surface area (Å²) in [7, 11) is -3.18. The maximum Gasteiger partial charge on any atom is 0.285 e. The van der Waals surface area contributed by atoms with E-state index in [-0.39, 0.29) is 120 Å². The zero-order valence-electron chi connectivity index (χ0n) is 83.4. The number of aryl methyl sites for hydroxylation is 1. The Morgan fingerprint density at radius 1 is 0.342 bits per heavy atom. The predicted molar refractivity (Wildman–Crippen MR) is 532 cm³/mol. The third kappa shape index (κ3) is 16.2. The highest BCUT2D eigenvalue weighted by Crippen LogP contribution is 2.74. The number of aliphatic hydroxyl groups excluding tert-OH is 3. The topological polar surface area (TPSA) is 404 Å². The van der Waals surface area contributed by atoms with Crippen LogP contribution in [0, 0.1) is 68.2 Å². The number of nitrogens with zero attached hydrogens (tertiary/aromatic N) is 23. The Balaban J connectivity index is 0.000000116. The predicted octanol–water partition coefficient (Wildman–Crippen LogP) is 20.6. The lowest BCUT2D eigenvalue weighted by atomic mass is 9.66. The first-order valence-electron chi connectivity index (χ1n) is 49.6. The Bertz CT molecular complexity index is 7460. The van der Waals surface area contributed by atoms with Crippen molar-refractivity contribution in [3.8, 4) is 90.5 Å². The molecule has 8 aliphatic carbocycles. The van der Waals surface area contributed by atoms with E-state index in [0.717, 1.165) is 131 Å². The third-order valence-corrected chi connectivity index (χ3v) is 34.1. The van der Waals surface area contributed by atoms with Crippen LogP contribution in [0.15, 0.2) is 194 Å². The van der Waals surface area contributed by atoms with Crippen molar-refractivity contribution in [1.82, 2.24) is 116 Å². The van der Waals surface area contributed by atoms with Crippen LogP contribution in [0.5, 0.6) is 0 Å². The van der Waals surface area contributed by atoms with Crippen molar-refractivity contribution in [3.63, 3.8) is 0 Å². The molecule has 3 N–H and O–H groups in total. The fraction of sp³-hybridized carbons (Fsp3) is 0.360. The summed E-state index contributed by atoms with van der Waals surface area (Å²) in [5.41, 5.74) is 11.0. The average Bonchev–Trinajstić information content (AvgIpc) is 1.53.